The lowest BCUT2D eigenvalue weighted by atomic mass is 9.97. The van der Waals surface area contributed by atoms with E-state index in [0.717, 1.165) is 6.42 Å². The Bertz CT molecular complexity index is 134. The van der Waals surface area contributed by atoms with Crippen molar-refractivity contribution >= 4 is 0 Å². The molecule has 0 aromatic rings. The second-order valence-corrected chi connectivity index (χ2v) is 5.21. The maximum absolute atomic E-state index is 10.5. The Kier molecular flexibility index (Phi) is 9.12. The predicted octanol–water partition coefficient (Wildman–Crippen LogP) is 4.38. The highest BCUT2D eigenvalue weighted by Gasteiger charge is 2.10. The molecular weight excluding hydrogens is 186 g/mol. The van der Waals surface area contributed by atoms with Gasteiger partial charge in [0.2, 0.25) is 0 Å². The molecule has 0 aliphatic heterocycles. The van der Waals surface area contributed by atoms with Crippen LogP contribution in [0.25, 0.3) is 0 Å². The Morgan fingerprint density at radius 3 is 1.80 bits per heavy atom. The van der Waals surface area contributed by atoms with E-state index in [2.05, 4.69) is 12.4 Å². The third-order valence-corrected chi connectivity index (χ3v) is 2.93. The van der Waals surface area contributed by atoms with Crippen LogP contribution in [0.3, 0.4) is 0 Å². The molecular formula is C13H28NO-. The van der Waals surface area contributed by atoms with E-state index < -0.39 is 0 Å². The van der Waals surface area contributed by atoms with Crippen LogP contribution in [0.15, 0.2) is 0 Å². The van der Waals surface area contributed by atoms with Crippen LogP contribution in [-0.2, 0) is 0 Å². The smallest absolute Gasteiger partial charge is 0.000819 e. The molecule has 0 unspecified atom stereocenters. The Balaban J connectivity index is 3.11. The quantitative estimate of drug-likeness (QED) is 0.432. The summed E-state index contributed by atoms with van der Waals surface area (Å²) >= 11 is 0. The Hall–Kier alpha value is -0.0800. The van der Waals surface area contributed by atoms with Crippen LogP contribution in [0.4, 0.5) is 0 Å². The van der Waals surface area contributed by atoms with Gasteiger partial charge in [0.15, 0.2) is 0 Å². The first-order valence-corrected chi connectivity index (χ1v) is 6.51. The number of rotatable bonds is 10. The molecule has 0 saturated carbocycles. The van der Waals surface area contributed by atoms with Gasteiger partial charge in [-0.15, -0.1) is 0 Å². The van der Waals surface area contributed by atoms with Gasteiger partial charge in [0, 0.05) is 5.54 Å². The molecule has 0 aliphatic carbocycles. The molecule has 0 aromatic heterocycles. The molecule has 2 nitrogen and oxygen atoms in total. The van der Waals surface area contributed by atoms with Crippen molar-refractivity contribution in [2.24, 2.45) is 0 Å². The molecule has 0 amide bonds. The zero-order chi connectivity index (χ0) is 11.6. The van der Waals surface area contributed by atoms with E-state index in [4.69, 9.17) is 0 Å². The van der Waals surface area contributed by atoms with E-state index in [9.17, 15) is 5.21 Å². The number of nitrogens with one attached hydrogen (secondary N) is 1. The zero-order valence-corrected chi connectivity index (χ0v) is 10.8. The standard InChI is InChI=1S/C13H28NO/c1-4-5-6-7-8-9-10-11-12-13(2,3)14-15/h14H,4-12H2,1-3H3/q-1. The average molecular weight is 214 g/mol. The van der Waals surface area contributed by atoms with Gasteiger partial charge in [0.05, 0.1) is 0 Å². The lowest BCUT2D eigenvalue weighted by Crippen LogP contribution is -2.34. The largest absolute Gasteiger partial charge is 0.787 e. The SMILES string of the molecule is CCCCCCCCCCC(C)(C)N[O-]. The lowest BCUT2D eigenvalue weighted by molar-refractivity contribution is 0.387. The monoisotopic (exact) mass is 214 g/mol. The summed E-state index contributed by atoms with van der Waals surface area (Å²) in [5.74, 6) is 0. The Morgan fingerprint density at radius 2 is 1.33 bits per heavy atom. The van der Waals surface area contributed by atoms with Crippen molar-refractivity contribution in [3.63, 3.8) is 0 Å². The number of hydrogen-bond acceptors (Lipinski definition) is 2. The summed E-state index contributed by atoms with van der Waals surface area (Å²) in [4.78, 5) is 0. The highest BCUT2D eigenvalue weighted by Crippen LogP contribution is 2.15. The number of hydroxylamine groups is 1. The summed E-state index contributed by atoms with van der Waals surface area (Å²) in [7, 11) is 0. The summed E-state index contributed by atoms with van der Waals surface area (Å²) in [6.45, 7) is 6.19. The number of hydrogen-bond donors (Lipinski definition) is 1. The second kappa shape index (κ2) is 9.17. The van der Waals surface area contributed by atoms with Gasteiger partial charge in [-0.1, -0.05) is 58.3 Å². The summed E-state index contributed by atoms with van der Waals surface area (Å²) in [6, 6.07) is 0. The summed E-state index contributed by atoms with van der Waals surface area (Å²) in [5.41, 5.74) is 1.89. The van der Waals surface area contributed by atoms with Crippen LogP contribution in [0, 0.1) is 5.21 Å². The second-order valence-electron chi connectivity index (χ2n) is 5.21. The molecule has 0 bridgehead atoms. The predicted molar refractivity (Wildman–Crippen MR) is 67.8 cm³/mol. The highest BCUT2D eigenvalue weighted by molar-refractivity contribution is 4.76. The van der Waals surface area contributed by atoms with Gasteiger partial charge in [-0.3, -0.25) is 0 Å². The third-order valence-electron chi connectivity index (χ3n) is 2.93. The van der Waals surface area contributed by atoms with Crippen LogP contribution in [0.2, 0.25) is 0 Å². The Labute approximate surface area is 95.4 Å². The van der Waals surface area contributed by atoms with Gasteiger partial charge >= 0.3 is 0 Å². The molecule has 92 valence electrons. The fourth-order valence-corrected chi connectivity index (χ4v) is 1.75. The van der Waals surface area contributed by atoms with Gasteiger partial charge in [-0.05, 0) is 20.3 Å². The first-order chi connectivity index (χ1) is 7.12. The molecule has 0 aromatic carbocycles. The number of unbranched alkanes of at least 4 members (excludes halogenated alkanes) is 7. The highest BCUT2D eigenvalue weighted by atomic mass is 16.5. The topological polar surface area (TPSA) is 35.1 Å². The van der Waals surface area contributed by atoms with Crippen LogP contribution in [0.5, 0.6) is 0 Å². The van der Waals surface area contributed by atoms with Crippen LogP contribution < -0.4 is 5.48 Å². The molecule has 0 spiro atoms. The summed E-state index contributed by atoms with van der Waals surface area (Å²) in [6.07, 6.45) is 11.6. The zero-order valence-electron chi connectivity index (χ0n) is 10.8. The van der Waals surface area contributed by atoms with Crippen molar-refractivity contribution in [2.45, 2.75) is 84.1 Å². The van der Waals surface area contributed by atoms with E-state index in [1.54, 1.807) is 0 Å². The van der Waals surface area contributed by atoms with Crippen molar-refractivity contribution in [1.82, 2.24) is 5.48 Å². The molecule has 1 N–H and O–H groups in total. The fourth-order valence-electron chi connectivity index (χ4n) is 1.75. The molecule has 0 aliphatic rings. The van der Waals surface area contributed by atoms with Gasteiger partial charge in [-0.2, -0.15) is 0 Å². The minimum absolute atomic E-state index is 0.220. The first-order valence-electron chi connectivity index (χ1n) is 6.51. The normalized spacial score (nSPS) is 12.0. The molecule has 2 heteroatoms. The lowest BCUT2D eigenvalue weighted by Gasteiger charge is -2.30. The van der Waals surface area contributed by atoms with E-state index in [0.29, 0.717) is 0 Å². The minimum Gasteiger partial charge on any atom is -0.787 e. The Morgan fingerprint density at radius 1 is 0.867 bits per heavy atom. The maximum atomic E-state index is 10.5. The van der Waals surface area contributed by atoms with Crippen molar-refractivity contribution in [1.29, 1.82) is 0 Å². The maximum Gasteiger partial charge on any atom is 0.000819 e. The first kappa shape index (κ1) is 14.9. The third kappa shape index (κ3) is 10.2. The van der Waals surface area contributed by atoms with E-state index in [-0.39, 0.29) is 5.54 Å². The van der Waals surface area contributed by atoms with Crippen molar-refractivity contribution in [2.75, 3.05) is 0 Å². The van der Waals surface area contributed by atoms with Crippen LogP contribution >= 0.6 is 0 Å². The molecule has 0 heterocycles. The van der Waals surface area contributed by atoms with E-state index >= 15 is 0 Å². The van der Waals surface area contributed by atoms with Gasteiger partial charge in [0.1, 0.15) is 0 Å². The molecule has 15 heavy (non-hydrogen) atoms. The molecule has 0 atom stereocenters. The average Bonchev–Trinajstić information content (AvgIpc) is 2.22. The van der Waals surface area contributed by atoms with E-state index in [1.807, 2.05) is 13.8 Å². The summed E-state index contributed by atoms with van der Waals surface area (Å²) < 4.78 is 0. The minimum atomic E-state index is -0.220. The van der Waals surface area contributed by atoms with Crippen molar-refractivity contribution in [3.8, 4) is 0 Å². The molecule has 0 saturated heterocycles. The molecule has 0 radical (unpaired) electrons. The summed E-state index contributed by atoms with van der Waals surface area (Å²) in [5, 5.41) is 10.5. The van der Waals surface area contributed by atoms with Gasteiger partial charge < -0.3 is 10.7 Å². The van der Waals surface area contributed by atoms with Crippen LogP contribution in [0.1, 0.15) is 78.6 Å². The van der Waals surface area contributed by atoms with Gasteiger partial charge in [0.25, 0.3) is 0 Å². The van der Waals surface area contributed by atoms with Crippen molar-refractivity contribution in [3.05, 3.63) is 5.21 Å². The molecule has 0 rings (SSSR count). The van der Waals surface area contributed by atoms with E-state index in [1.165, 1.54) is 51.4 Å². The van der Waals surface area contributed by atoms with Crippen LogP contribution in [-0.4, -0.2) is 5.54 Å². The van der Waals surface area contributed by atoms with Gasteiger partial charge in [-0.25, -0.2) is 0 Å². The molecule has 0 fully saturated rings. The van der Waals surface area contributed by atoms with Crippen molar-refractivity contribution < 1.29 is 0 Å². The fraction of sp³-hybridized carbons (Fsp3) is 1.00.